The molecule has 0 radical (unpaired) electrons. The molecule has 0 aromatic heterocycles. The summed E-state index contributed by atoms with van der Waals surface area (Å²) in [7, 11) is -4.04. The lowest BCUT2D eigenvalue weighted by Crippen LogP contribution is -2.13. The van der Waals surface area contributed by atoms with Gasteiger partial charge in [0.25, 0.3) is 10.1 Å². The van der Waals surface area contributed by atoms with E-state index in [0.29, 0.717) is 0 Å². The third-order valence-corrected chi connectivity index (χ3v) is 1.43. The van der Waals surface area contributed by atoms with Crippen molar-refractivity contribution < 1.29 is 22.5 Å². The average molecular weight is 180 g/mol. The van der Waals surface area contributed by atoms with Crippen LogP contribution in [-0.2, 0) is 19.6 Å². The topological polar surface area (TPSA) is 80.7 Å². The Kier molecular flexibility index (Phi) is 3.77. The molecule has 0 aromatic carbocycles. The summed E-state index contributed by atoms with van der Waals surface area (Å²) in [6.45, 7) is 2.73. The summed E-state index contributed by atoms with van der Waals surface area (Å²) in [5.41, 5.74) is 0. The minimum Gasteiger partial charge on any atom is -0.461 e. The van der Waals surface area contributed by atoms with Crippen LogP contribution in [-0.4, -0.2) is 31.3 Å². The summed E-state index contributed by atoms with van der Waals surface area (Å²) in [4.78, 5) is 10.3. The van der Waals surface area contributed by atoms with E-state index in [2.05, 4.69) is 11.3 Å². The second kappa shape index (κ2) is 4.09. The van der Waals surface area contributed by atoms with Crippen LogP contribution in [0.15, 0.2) is 12.7 Å². The third-order valence-electron chi connectivity index (χ3n) is 0.752. The maximum Gasteiger partial charge on any atom is 0.330 e. The zero-order chi connectivity index (χ0) is 8.91. The van der Waals surface area contributed by atoms with Gasteiger partial charge >= 0.3 is 5.97 Å². The lowest BCUT2D eigenvalue weighted by molar-refractivity contribution is -0.137. The van der Waals surface area contributed by atoms with Gasteiger partial charge in [0.1, 0.15) is 12.4 Å². The lowest BCUT2D eigenvalue weighted by Gasteiger charge is -1.97. The summed E-state index contributed by atoms with van der Waals surface area (Å²) in [6.07, 6.45) is 0.907. The van der Waals surface area contributed by atoms with Crippen molar-refractivity contribution in [2.75, 3.05) is 12.4 Å². The molecule has 64 valence electrons. The number of ether oxygens (including phenoxy) is 1. The Bertz CT molecular complexity index is 240. The van der Waals surface area contributed by atoms with Crippen molar-refractivity contribution in [1.82, 2.24) is 0 Å². The van der Waals surface area contributed by atoms with E-state index in [9.17, 15) is 13.2 Å². The highest BCUT2D eigenvalue weighted by Crippen LogP contribution is 1.84. The van der Waals surface area contributed by atoms with Crippen molar-refractivity contribution >= 4 is 16.1 Å². The van der Waals surface area contributed by atoms with Crippen molar-refractivity contribution in [3.63, 3.8) is 0 Å². The monoisotopic (exact) mass is 180 g/mol. The molecule has 0 heterocycles. The molecule has 1 N–H and O–H groups in total. The summed E-state index contributed by atoms with van der Waals surface area (Å²) >= 11 is 0. The van der Waals surface area contributed by atoms with E-state index in [1.807, 2.05) is 0 Å². The van der Waals surface area contributed by atoms with E-state index in [1.54, 1.807) is 0 Å². The molecule has 0 fully saturated rings. The fourth-order valence-corrected chi connectivity index (χ4v) is 0.600. The van der Waals surface area contributed by atoms with Crippen LogP contribution < -0.4 is 0 Å². The molecule has 0 amide bonds. The van der Waals surface area contributed by atoms with Gasteiger partial charge in [-0.15, -0.1) is 0 Å². The van der Waals surface area contributed by atoms with Crippen molar-refractivity contribution in [3.05, 3.63) is 12.7 Å². The van der Waals surface area contributed by atoms with E-state index in [1.165, 1.54) is 0 Å². The van der Waals surface area contributed by atoms with E-state index in [0.717, 1.165) is 6.08 Å². The molecule has 0 aliphatic rings. The zero-order valence-electron chi connectivity index (χ0n) is 5.69. The Hall–Kier alpha value is -0.880. The Morgan fingerprint density at radius 1 is 1.64 bits per heavy atom. The molecule has 0 saturated carbocycles. The third kappa shape index (κ3) is 7.01. The molecule has 11 heavy (non-hydrogen) atoms. The molecule has 5 nitrogen and oxygen atoms in total. The fourth-order valence-electron chi connectivity index (χ4n) is 0.306. The number of esters is 1. The SMILES string of the molecule is C=CC(=O)OCCS(=O)(=O)O. The predicted molar refractivity (Wildman–Crippen MR) is 37.6 cm³/mol. The minimum absolute atomic E-state index is 0.357. The smallest absolute Gasteiger partial charge is 0.330 e. The van der Waals surface area contributed by atoms with Gasteiger partial charge in [-0.2, -0.15) is 8.42 Å². The van der Waals surface area contributed by atoms with Crippen LogP contribution in [0.4, 0.5) is 0 Å². The first-order valence-electron chi connectivity index (χ1n) is 2.70. The number of carbonyl (C=O) groups is 1. The fraction of sp³-hybridized carbons (Fsp3) is 0.400. The average Bonchev–Trinajstić information content (AvgIpc) is 1.85. The molecule has 0 bridgehead atoms. The molecule has 0 aromatic rings. The van der Waals surface area contributed by atoms with Crippen LogP contribution in [0, 0.1) is 0 Å². The first kappa shape index (κ1) is 10.1. The van der Waals surface area contributed by atoms with E-state index < -0.39 is 21.8 Å². The number of rotatable bonds is 4. The van der Waals surface area contributed by atoms with Gasteiger partial charge in [0.15, 0.2) is 0 Å². The van der Waals surface area contributed by atoms with E-state index in [4.69, 9.17) is 4.55 Å². The molecular formula is C5H8O5S. The van der Waals surface area contributed by atoms with Crippen molar-refractivity contribution in [2.45, 2.75) is 0 Å². The summed E-state index contributed by atoms with van der Waals surface area (Å²) in [5.74, 6) is -1.30. The van der Waals surface area contributed by atoms with Crippen molar-refractivity contribution in [3.8, 4) is 0 Å². The largest absolute Gasteiger partial charge is 0.461 e. The van der Waals surface area contributed by atoms with Gasteiger partial charge in [-0.3, -0.25) is 4.55 Å². The van der Waals surface area contributed by atoms with Crippen LogP contribution in [0.1, 0.15) is 0 Å². The second-order valence-corrected chi connectivity index (χ2v) is 3.23. The second-order valence-electron chi connectivity index (χ2n) is 1.66. The van der Waals surface area contributed by atoms with Gasteiger partial charge < -0.3 is 4.74 Å². The minimum atomic E-state index is -4.04. The normalized spacial score (nSPS) is 10.6. The maximum atomic E-state index is 10.3. The van der Waals surface area contributed by atoms with E-state index >= 15 is 0 Å². The maximum absolute atomic E-state index is 10.3. The molecule has 0 rings (SSSR count). The summed E-state index contributed by atoms with van der Waals surface area (Å²) in [6, 6.07) is 0. The van der Waals surface area contributed by atoms with Gasteiger partial charge in [-0.05, 0) is 0 Å². The molecule has 0 saturated heterocycles. The van der Waals surface area contributed by atoms with Gasteiger partial charge in [0.2, 0.25) is 0 Å². The Labute approximate surface area is 64.4 Å². The van der Waals surface area contributed by atoms with Crippen LogP contribution in [0.2, 0.25) is 0 Å². The highest BCUT2D eigenvalue weighted by atomic mass is 32.2. The summed E-state index contributed by atoms with van der Waals surface area (Å²) < 4.78 is 32.5. The van der Waals surface area contributed by atoms with Gasteiger partial charge in [-0.25, -0.2) is 4.79 Å². The number of carbonyl (C=O) groups excluding carboxylic acids is 1. The lowest BCUT2D eigenvalue weighted by atomic mass is 10.6. The number of hydrogen-bond acceptors (Lipinski definition) is 4. The molecular weight excluding hydrogens is 172 g/mol. The standard InChI is InChI=1S/C5H8O5S/c1-2-5(6)10-3-4-11(7,8)9/h2H,1,3-4H2,(H,7,8,9). The van der Waals surface area contributed by atoms with E-state index in [-0.39, 0.29) is 6.61 Å². The molecule has 0 spiro atoms. The molecule has 6 heteroatoms. The Balaban J connectivity index is 3.59. The van der Waals surface area contributed by atoms with Gasteiger partial charge in [0.05, 0.1) is 0 Å². The number of hydrogen-bond donors (Lipinski definition) is 1. The van der Waals surface area contributed by atoms with Gasteiger partial charge in [0, 0.05) is 6.08 Å². The molecule has 0 aliphatic carbocycles. The first-order chi connectivity index (χ1) is 4.95. The van der Waals surface area contributed by atoms with Crippen LogP contribution in [0.5, 0.6) is 0 Å². The van der Waals surface area contributed by atoms with Crippen LogP contribution in [0.3, 0.4) is 0 Å². The van der Waals surface area contributed by atoms with Crippen molar-refractivity contribution in [1.29, 1.82) is 0 Å². The highest BCUT2D eigenvalue weighted by Gasteiger charge is 2.04. The quantitative estimate of drug-likeness (QED) is 0.362. The zero-order valence-corrected chi connectivity index (χ0v) is 6.50. The molecule has 0 atom stereocenters. The van der Waals surface area contributed by atoms with Crippen molar-refractivity contribution in [2.24, 2.45) is 0 Å². The Morgan fingerprint density at radius 3 is 2.55 bits per heavy atom. The highest BCUT2D eigenvalue weighted by molar-refractivity contribution is 7.85. The van der Waals surface area contributed by atoms with Crippen LogP contribution >= 0.6 is 0 Å². The van der Waals surface area contributed by atoms with Crippen LogP contribution in [0.25, 0.3) is 0 Å². The Morgan fingerprint density at radius 2 is 2.18 bits per heavy atom. The predicted octanol–water partition coefficient (Wildman–Crippen LogP) is -0.397. The molecule has 0 aliphatic heterocycles. The van der Waals surface area contributed by atoms with Gasteiger partial charge in [-0.1, -0.05) is 6.58 Å². The summed E-state index contributed by atoms with van der Waals surface area (Å²) in [5, 5.41) is 0. The molecule has 0 unspecified atom stereocenters. The first-order valence-corrected chi connectivity index (χ1v) is 4.31.